The lowest BCUT2D eigenvalue weighted by Gasteiger charge is -2.11. The third-order valence-electron chi connectivity index (χ3n) is 1.42. The van der Waals surface area contributed by atoms with Crippen LogP contribution in [0, 0.1) is 6.92 Å². The fourth-order valence-electron chi connectivity index (χ4n) is 0.906. The second-order valence-electron chi connectivity index (χ2n) is 2.79. The zero-order chi connectivity index (χ0) is 8.43. The molecule has 0 aliphatic carbocycles. The van der Waals surface area contributed by atoms with Gasteiger partial charge in [-0.15, -0.1) is 0 Å². The molecule has 0 unspecified atom stereocenters. The second-order valence-corrected chi connectivity index (χ2v) is 2.79. The first kappa shape index (κ1) is 7.85. The monoisotopic (exact) mass is 151 g/mol. The maximum atomic E-state index is 5.63. The lowest BCUT2D eigenvalue weighted by Crippen LogP contribution is -2.11. The number of aromatic nitrogens is 1. The van der Waals surface area contributed by atoms with Gasteiger partial charge in [0.25, 0.3) is 0 Å². The van der Waals surface area contributed by atoms with E-state index in [0.717, 1.165) is 17.2 Å². The molecule has 0 amide bonds. The van der Waals surface area contributed by atoms with Crippen LogP contribution in [0.5, 0.6) is 0 Å². The highest BCUT2D eigenvalue weighted by Gasteiger charge is 1.97. The first-order valence-corrected chi connectivity index (χ1v) is 3.51. The molecule has 0 saturated heterocycles. The smallest absolute Gasteiger partial charge is 0.130 e. The fourth-order valence-corrected chi connectivity index (χ4v) is 0.906. The van der Waals surface area contributed by atoms with Gasteiger partial charge in [-0.2, -0.15) is 0 Å². The van der Waals surface area contributed by atoms with Crippen LogP contribution in [0.15, 0.2) is 12.1 Å². The van der Waals surface area contributed by atoms with E-state index < -0.39 is 0 Å². The Balaban J connectivity index is 3.08. The predicted octanol–water partition coefficient (Wildman–Crippen LogP) is 1.04. The molecule has 0 spiro atoms. The Kier molecular flexibility index (Phi) is 1.98. The van der Waals surface area contributed by atoms with Crippen molar-refractivity contribution in [3.05, 3.63) is 17.8 Å². The van der Waals surface area contributed by atoms with E-state index in [1.807, 2.05) is 38.1 Å². The summed E-state index contributed by atoms with van der Waals surface area (Å²) in [5.41, 5.74) is 7.35. The average molecular weight is 151 g/mol. The number of nitrogens with two attached hydrogens (primary N) is 1. The first-order valence-electron chi connectivity index (χ1n) is 3.51. The maximum absolute atomic E-state index is 5.63. The summed E-state index contributed by atoms with van der Waals surface area (Å²) in [7, 11) is 3.89. The van der Waals surface area contributed by atoms with Crippen LogP contribution in [-0.2, 0) is 0 Å². The molecule has 0 aromatic carbocycles. The van der Waals surface area contributed by atoms with Gasteiger partial charge in [0.1, 0.15) is 5.82 Å². The van der Waals surface area contributed by atoms with Gasteiger partial charge in [0.2, 0.25) is 0 Å². The predicted molar refractivity (Wildman–Crippen MR) is 47.7 cm³/mol. The van der Waals surface area contributed by atoms with Crippen molar-refractivity contribution in [2.24, 2.45) is 0 Å². The average Bonchev–Trinajstić information content (AvgIpc) is 1.85. The van der Waals surface area contributed by atoms with Crippen LogP contribution in [0.1, 0.15) is 5.69 Å². The molecule has 3 heteroatoms. The standard InChI is InChI=1S/C8H13N3/c1-6-4-7(9)5-8(10-6)11(2)3/h4-5H,1-3H3,(H2,9,10). The summed E-state index contributed by atoms with van der Waals surface area (Å²) in [6, 6.07) is 3.71. The van der Waals surface area contributed by atoms with Gasteiger partial charge in [-0.1, -0.05) is 0 Å². The lowest BCUT2D eigenvalue weighted by molar-refractivity contribution is 1.05. The molecule has 0 saturated carbocycles. The Labute approximate surface area is 66.8 Å². The molecule has 11 heavy (non-hydrogen) atoms. The minimum atomic E-state index is 0.765. The van der Waals surface area contributed by atoms with Crippen molar-refractivity contribution in [2.45, 2.75) is 6.92 Å². The summed E-state index contributed by atoms with van der Waals surface area (Å²) in [4.78, 5) is 6.21. The normalized spacial score (nSPS) is 9.73. The second kappa shape index (κ2) is 2.78. The molecular weight excluding hydrogens is 138 g/mol. The van der Waals surface area contributed by atoms with Gasteiger partial charge in [-0.05, 0) is 13.0 Å². The number of rotatable bonds is 1. The van der Waals surface area contributed by atoms with Crippen molar-refractivity contribution in [3.8, 4) is 0 Å². The zero-order valence-electron chi connectivity index (χ0n) is 7.13. The number of nitrogen functional groups attached to an aromatic ring is 1. The van der Waals surface area contributed by atoms with Crippen molar-refractivity contribution in [3.63, 3.8) is 0 Å². The van der Waals surface area contributed by atoms with E-state index in [-0.39, 0.29) is 0 Å². The minimum absolute atomic E-state index is 0.765. The van der Waals surface area contributed by atoms with Crippen LogP contribution in [-0.4, -0.2) is 19.1 Å². The van der Waals surface area contributed by atoms with E-state index in [2.05, 4.69) is 4.98 Å². The number of pyridine rings is 1. The van der Waals surface area contributed by atoms with Gasteiger partial charge in [0.15, 0.2) is 0 Å². The van der Waals surface area contributed by atoms with E-state index in [1.54, 1.807) is 0 Å². The summed E-state index contributed by atoms with van der Waals surface area (Å²) < 4.78 is 0. The molecule has 1 heterocycles. The third kappa shape index (κ3) is 1.83. The van der Waals surface area contributed by atoms with Gasteiger partial charge in [0.05, 0.1) is 0 Å². The molecule has 60 valence electrons. The summed E-state index contributed by atoms with van der Waals surface area (Å²) in [5.74, 6) is 0.905. The zero-order valence-corrected chi connectivity index (χ0v) is 7.13. The molecule has 0 fully saturated rings. The lowest BCUT2D eigenvalue weighted by atomic mass is 10.3. The van der Waals surface area contributed by atoms with Gasteiger partial charge in [0, 0.05) is 31.5 Å². The number of hydrogen-bond donors (Lipinski definition) is 1. The van der Waals surface area contributed by atoms with Crippen molar-refractivity contribution in [2.75, 3.05) is 24.7 Å². The van der Waals surface area contributed by atoms with Crippen molar-refractivity contribution in [1.29, 1.82) is 0 Å². The van der Waals surface area contributed by atoms with E-state index in [1.165, 1.54) is 0 Å². The van der Waals surface area contributed by atoms with Crippen LogP contribution in [0.3, 0.4) is 0 Å². The molecule has 0 aliphatic rings. The molecule has 1 aromatic heterocycles. The SMILES string of the molecule is Cc1cc(N)cc(N(C)C)n1. The Morgan fingerprint density at radius 2 is 2.00 bits per heavy atom. The Hall–Kier alpha value is -1.25. The molecule has 3 nitrogen and oxygen atoms in total. The molecule has 0 radical (unpaired) electrons. The van der Waals surface area contributed by atoms with Crippen LogP contribution < -0.4 is 10.6 Å². The molecule has 0 aliphatic heterocycles. The quantitative estimate of drug-likeness (QED) is 0.652. The molecule has 0 atom stereocenters. The van der Waals surface area contributed by atoms with E-state index >= 15 is 0 Å². The summed E-state index contributed by atoms with van der Waals surface area (Å²) in [5, 5.41) is 0. The fraction of sp³-hybridized carbons (Fsp3) is 0.375. The Bertz CT molecular complexity index is 235. The summed E-state index contributed by atoms with van der Waals surface area (Å²) in [6.45, 7) is 1.93. The van der Waals surface area contributed by atoms with Crippen LogP contribution in [0.25, 0.3) is 0 Å². The van der Waals surface area contributed by atoms with Gasteiger partial charge < -0.3 is 10.6 Å². The van der Waals surface area contributed by atoms with E-state index in [0.29, 0.717) is 0 Å². The Morgan fingerprint density at radius 1 is 1.36 bits per heavy atom. The van der Waals surface area contributed by atoms with Crippen LogP contribution in [0.2, 0.25) is 0 Å². The first-order chi connectivity index (χ1) is 5.09. The van der Waals surface area contributed by atoms with Crippen molar-refractivity contribution >= 4 is 11.5 Å². The summed E-state index contributed by atoms with van der Waals surface area (Å²) >= 11 is 0. The van der Waals surface area contributed by atoms with E-state index in [9.17, 15) is 0 Å². The highest BCUT2D eigenvalue weighted by Crippen LogP contribution is 2.13. The number of aryl methyl sites for hydroxylation is 1. The van der Waals surface area contributed by atoms with Crippen molar-refractivity contribution < 1.29 is 0 Å². The molecule has 2 N–H and O–H groups in total. The highest BCUT2D eigenvalue weighted by atomic mass is 15.1. The van der Waals surface area contributed by atoms with Gasteiger partial charge in [-0.3, -0.25) is 0 Å². The largest absolute Gasteiger partial charge is 0.399 e. The molecular formula is C8H13N3. The number of anilines is 2. The third-order valence-corrected chi connectivity index (χ3v) is 1.42. The van der Waals surface area contributed by atoms with E-state index in [4.69, 9.17) is 5.73 Å². The topological polar surface area (TPSA) is 42.1 Å². The number of hydrogen-bond acceptors (Lipinski definition) is 3. The van der Waals surface area contributed by atoms with Gasteiger partial charge in [-0.25, -0.2) is 4.98 Å². The Morgan fingerprint density at radius 3 is 2.45 bits per heavy atom. The molecule has 1 rings (SSSR count). The number of nitrogens with zero attached hydrogens (tertiary/aromatic N) is 2. The highest BCUT2D eigenvalue weighted by molar-refractivity contribution is 5.51. The van der Waals surface area contributed by atoms with Crippen LogP contribution in [0.4, 0.5) is 11.5 Å². The van der Waals surface area contributed by atoms with Gasteiger partial charge >= 0.3 is 0 Å². The van der Waals surface area contributed by atoms with Crippen LogP contribution >= 0.6 is 0 Å². The molecule has 1 aromatic rings. The maximum Gasteiger partial charge on any atom is 0.130 e. The molecule has 0 bridgehead atoms. The summed E-state index contributed by atoms with van der Waals surface area (Å²) in [6.07, 6.45) is 0. The van der Waals surface area contributed by atoms with Crippen molar-refractivity contribution in [1.82, 2.24) is 4.98 Å². The minimum Gasteiger partial charge on any atom is -0.399 e.